The lowest BCUT2D eigenvalue weighted by Crippen LogP contribution is -2.25. The molecule has 0 spiro atoms. The highest BCUT2D eigenvalue weighted by Gasteiger charge is 2.38. The van der Waals surface area contributed by atoms with Crippen LogP contribution in [0.1, 0.15) is 30.9 Å². The van der Waals surface area contributed by atoms with Gasteiger partial charge in [-0.1, -0.05) is 24.3 Å². The van der Waals surface area contributed by atoms with Gasteiger partial charge in [-0.2, -0.15) is 0 Å². The highest BCUT2D eigenvalue weighted by atomic mass is 16.5. The minimum absolute atomic E-state index is 0.0897. The van der Waals surface area contributed by atoms with E-state index in [1.165, 1.54) is 24.0 Å². The maximum Gasteiger partial charge on any atom is 0.0583 e. The van der Waals surface area contributed by atoms with Crippen molar-refractivity contribution in [3.8, 4) is 0 Å². The average Bonchev–Trinajstić information content (AvgIpc) is 2.99. The molecule has 0 amide bonds. The van der Waals surface area contributed by atoms with Gasteiger partial charge < -0.3 is 10.5 Å². The van der Waals surface area contributed by atoms with Crippen LogP contribution >= 0.6 is 0 Å². The van der Waals surface area contributed by atoms with E-state index in [4.69, 9.17) is 10.5 Å². The first kappa shape index (κ1) is 11.6. The molecule has 2 nitrogen and oxygen atoms in total. The number of ether oxygens (including phenoxy) is 1. The zero-order valence-electron chi connectivity index (χ0n) is 10.2. The quantitative estimate of drug-likeness (QED) is 0.824. The van der Waals surface area contributed by atoms with E-state index in [1.54, 1.807) is 7.11 Å². The van der Waals surface area contributed by atoms with Crippen LogP contribution < -0.4 is 5.73 Å². The molecule has 1 saturated carbocycles. The lowest BCUT2D eigenvalue weighted by Gasteiger charge is -2.16. The Labute approximate surface area is 97.8 Å². The summed E-state index contributed by atoms with van der Waals surface area (Å²) in [5, 5.41) is 0. The second kappa shape index (κ2) is 4.56. The van der Waals surface area contributed by atoms with Crippen molar-refractivity contribution in [2.75, 3.05) is 7.11 Å². The highest BCUT2D eigenvalue weighted by molar-refractivity contribution is 5.30. The molecule has 1 atom stereocenters. The van der Waals surface area contributed by atoms with Gasteiger partial charge in [0.25, 0.3) is 0 Å². The average molecular weight is 219 g/mol. The molecule has 2 rings (SSSR count). The molecule has 1 aromatic rings. The summed E-state index contributed by atoms with van der Waals surface area (Å²) in [6.07, 6.45) is 4.60. The van der Waals surface area contributed by atoms with Gasteiger partial charge in [0, 0.05) is 12.6 Å². The summed E-state index contributed by atoms with van der Waals surface area (Å²) in [5.41, 5.74) is 9.05. The van der Waals surface area contributed by atoms with E-state index in [0.717, 1.165) is 12.8 Å². The number of hydrogen-bond donors (Lipinski definition) is 1. The van der Waals surface area contributed by atoms with Crippen LogP contribution in [0, 0.1) is 0 Å². The van der Waals surface area contributed by atoms with Crippen LogP contribution in [0.15, 0.2) is 24.3 Å². The Morgan fingerprint density at radius 1 is 1.31 bits per heavy atom. The SMILES string of the molecule is COC(C)Cc1ccccc1CC1(N)CC1. The van der Waals surface area contributed by atoms with Crippen molar-refractivity contribution in [1.29, 1.82) is 0 Å². The second-order valence-corrected chi connectivity index (χ2v) is 5.06. The Kier molecular flexibility index (Phi) is 3.31. The molecule has 2 N–H and O–H groups in total. The van der Waals surface area contributed by atoms with Crippen molar-refractivity contribution in [2.45, 2.75) is 44.2 Å². The summed E-state index contributed by atoms with van der Waals surface area (Å²) in [4.78, 5) is 0. The third-order valence-electron chi connectivity index (χ3n) is 3.46. The van der Waals surface area contributed by atoms with E-state index in [2.05, 4.69) is 31.2 Å². The molecule has 0 aromatic heterocycles. The molecule has 1 unspecified atom stereocenters. The lowest BCUT2D eigenvalue weighted by atomic mass is 9.96. The van der Waals surface area contributed by atoms with Gasteiger partial charge in [0.05, 0.1) is 6.10 Å². The second-order valence-electron chi connectivity index (χ2n) is 5.06. The van der Waals surface area contributed by atoms with Crippen LogP contribution in [-0.4, -0.2) is 18.8 Å². The maximum atomic E-state index is 6.18. The fraction of sp³-hybridized carbons (Fsp3) is 0.571. The molecule has 0 saturated heterocycles. The van der Waals surface area contributed by atoms with Gasteiger partial charge in [0.15, 0.2) is 0 Å². The molecule has 88 valence electrons. The van der Waals surface area contributed by atoms with Gasteiger partial charge in [-0.05, 0) is 43.7 Å². The van der Waals surface area contributed by atoms with Crippen molar-refractivity contribution >= 4 is 0 Å². The van der Waals surface area contributed by atoms with E-state index in [-0.39, 0.29) is 11.6 Å². The van der Waals surface area contributed by atoms with E-state index in [1.807, 2.05) is 0 Å². The van der Waals surface area contributed by atoms with Crippen LogP contribution in [0.25, 0.3) is 0 Å². The van der Waals surface area contributed by atoms with E-state index in [0.29, 0.717) is 0 Å². The van der Waals surface area contributed by atoms with Crippen LogP contribution in [-0.2, 0) is 17.6 Å². The van der Waals surface area contributed by atoms with Gasteiger partial charge >= 0.3 is 0 Å². The third-order valence-corrected chi connectivity index (χ3v) is 3.46. The van der Waals surface area contributed by atoms with E-state index < -0.39 is 0 Å². The number of rotatable bonds is 5. The molecule has 2 heteroatoms. The van der Waals surface area contributed by atoms with Crippen LogP contribution in [0.4, 0.5) is 0 Å². The smallest absolute Gasteiger partial charge is 0.0583 e. The Morgan fingerprint density at radius 3 is 2.50 bits per heavy atom. The molecule has 1 fully saturated rings. The van der Waals surface area contributed by atoms with Crippen LogP contribution in [0.2, 0.25) is 0 Å². The van der Waals surface area contributed by atoms with Gasteiger partial charge in [-0.3, -0.25) is 0 Å². The van der Waals surface area contributed by atoms with Gasteiger partial charge in [-0.25, -0.2) is 0 Å². The first-order valence-corrected chi connectivity index (χ1v) is 6.01. The Bertz CT molecular complexity index is 358. The molecule has 1 aliphatic rings. The van der Waals surface area contributed by atoms with Crippen molar-refractivity contribution in [3.05, 3.63) is 35.4 Å². The monoisotopic (exact) mass is 219 g/mol. The van der Waals surface area contributed by atoms with Gasteiger partial charge in [0.2, 0.25) is 0 Å². The molecule has 1 aromatic carbocycles. The zero-order chi connectivity index (χ0) is 11.6. The largest absolute Gasteiger partial charge is 0.381 e. The molecular weight excluding hydrogens is 198 g/mol. The van der Waals surface area contributed by atoms with Gasteiger partial charge in [0.1, 0.15) is 0 Å². The predicted molar refractivity (Wildman–Crippen MR) is 66.5 cm³/mol. The first-order chi connectivity index (χ1) is 7.63. The predicted octanol–water partition coefficient (Wildman–Crippen LogP) is 2.30. The number of methoxy groups -OCH3 is 1. The number of benzene rings is 1. The van der Waals surface area contributed by atoms with Crippen molar-refractivity contribution in [1.82, 2.24) is 0 Å². The fourth-order valence-electron chi connectivity index (χ4n) is 2.04. The van der Waals surface area contributed by atoms with Crippen LogP contribution in [0.5, 0.6) is 0 Å². The zero-order valence-corrected chi connectivity index (χ0v) is 10.2. The van der Waals surface area contributed by atoms with Crippen molar-refractivity contribution < 1.29 is 4.74 Å². The summed E-state index contributed by atoms with van der Waals surface area (Å²) in [6.45, 7) is 2.10. The van der Waals surface area contributed by atoms with Crippen LogP contribution in [0.3, 0.4) is 0 Å². The topological polar surface area (TPSA) is 35.2 Å². The summed E-state index contributed by atoms with van der Waals surface area (Å²) < 4.78 is 5.32. The third kappa shape index (κ3) is 2.83. The van der Waals surface area contributed by atoms with E-state index >= 15 is 0 Å². The number of nitrogens with two attached hydrogens (primary N) is 1. The summed E-state index contributed by atoms with van der Waals surface area (Å²) in [6, 6.07) is 8.58. The molecule has 0 radical (unpaired) electrons. The summed E-state index contributed by atoms with van der Waals surface area (Å²) in [7, 11) is 1.76. The molecule has 1 aliphatic carbocycles. The van der Waals surface area contributed by atoms with Crippen molar-refractivity contribution in [3.63, 3.8) is 0 Å². The Morgan fingerprint density at radius 2 is 1.94 bits per heavy atom. The summed E-state index contributed by atoms with van der Waals surface area (Å²) in [5.74, 6) is 0. The molecule has 0 aliphatic heterocycles. The summed E-state index contributed by atoms with van der Waals surface area (Å²) >= 11 is 0. The fourth-order valence-corrected chi connectivity index (χ4v) is 2.04. The van der Waals surface area contributed by atoms with Gasteiger partial charge in [-0.15, -0.1) is 0 Å². The molecule has 0 heterocycles. The normalized spacial score (nSPS) is 19.4. The molecule has 0 bridgehead atoms. The first-order valence-electron chi connectivity index (χ1n) is 6.01. The van der Waals surface area contributed by atoms with Crippen molar-refractivity contribution in [2.24, 2.45) is 5.73 Å². The lowest BCUT2D eigenvalue weighted by molar-refractivity contribution is 0.118. The highest BCUT2D eigenvalue weighted by Crippen LogP contribution is 2.36. The Hall–Kier alpha value is -0.860. The molecular formula is C14H21NO. The standard InChI is InChI=1S/C14H21NO/c1-11(16-2)9-12-5-3-4-6-13(12)10-14(15)7-8-14/h3-6,11H,7-10,15H2,1-2H3. The maximum absolute atomic E-state index is 6.18. The molecule has 16 heavy (non-hydrogen) atoms. The Balaban J connectivity index is 2.10. The van der Waals surface area contributed by atoms with E-state index in [9.17, 15) is 0 Å². The minimum atomic E-state index is 0.0897. The number of hydrogen-bond acceptors (Lipinski definition) is 2. The minimum Gasteiger partial charge on any atom is -0.381 e.